The summed E-state index contributed by atoms with van der Waals surface area (Å²) < 4.78 is 19.3. The van der Waals surface area contributed by atoms with Crippen LogP contribution in [0.3, 0.4) is 0 Å². The highest BCUT2D eigenvalue weighted by Crippen LogP contribution is 2.26. The van der Waals surface area contributed by atoms with Gasteiger partial charge in [0.25, 0.3) is 5.91 Å². The minimum Gasteiger partial charge on any atom is -0.497 e. The summed E-state index contributed by atoms with van der Waals surface area (Å²) in [5, 5.41) is 17.7. The molecule has 8 heteroatoms. The van der Waals surface area contributed by atoms with E-state index >= 15 is 0 Å². The second-order valence-corrected chi connectivity index (χ2v) is 7.41. The van der Waals surface area contributed by atoms with E-state index in [0.717, 1.165) is 12.0 Å². The highest BCUT2D eigenvalue weighted by Gasteiger charge is 2.42. The quantitative estimate of drug-likeness (QED) is 0.715. The smallest absolute Gasteiger partial charge is 0.256 e. The lowest BCUT2D eigenvalue weighted by molar-refractivity contribution is -0.159. The summed E-state index contributed by atoms with van der Waals surface area (Å²) in [7, 11) is 3.40. The Hall–Kier alpha value is -2.45. The molecule has 2 aromatic rings. The van der Waals surface area contributed by atoms with E-state index in [0.29, 0.717) is 37.2 Å². The van der Waals surface area contributed by atoms with Crippen LogP contribution in [0.2, 0.25) is 0 Å². The van der Waals surface area contributed by atoms with Crippen LogP contribution >= 0.6 is 0 Å². The van der Waals surface area contributed by atoms with Crippen molar-refractivity contribution in [1.29, 1.82) is 0 Å². The lowest BCUT2D eigenvalue weighted by Gasteiger charge is -2.40. The highest BCUT2D eigenvalue weighted by atomic mass is 19.1. The summed E-state index contributed by atoms with van der Waals surface area (Å²) in [6.07, 6.45) is 5.44. The van der Waals surface area contributed by atoms with Crippen molar-refractivity contribution in [3.8, 4) is 5.75 Å². The molecule has 1 aliphatic rings. The molecule has 28 heavy (non-hydrogen) atoms. The number of nitrogens with one attached hydrogen (secondary N) is 1. The van der Waals surface area contributed by atoms with Gasteiger partial charge < -0.3 is 19.6 Å². The van der Waals surface area contributed by atoms with Crippen LogP contribution in [0, 0.1) is 5.82 Å². The molecular formula is C20H27FN4O3. The van der Waals surface area contributed by atoms with E-state index in [1.54, 1.807) is 18.3 Å². The number of hydrogen-bond acceptors (Lipinski definition) is 5. The van der Waals surface area contributed by atoms with Gasteiger partial charge >= 0.3 is 0 Å². The second kappa shape index (κ2) is 8.70. The topological polar surface area (TPSA) is 81.7 Å². The fourth-order valence-electron chi connectivity index (χ4n) is 3.63. The van der Waals surface area contributed by atoms with E-state index < -0.39 is 5.60 Å². The third-order valence-corrected chi connectivity index (χ3v) is 5.19. The van der Waals surface area contributed by atoms with Gasteiger partial charge in [-0.15, -0.1) is 0 Å². The SMILES string of the molecule is COc1ccc(F)c(CN2CCC[C@@](O)(CN(C)CCc3cn[nH]c3)C2=O)c1. The predicted molar refractivity (Wildman–Crippen MR) is 102 cm³/mol. The van der Waals surface area contributed by atoms with Gasteiger partial charge in [-0.25, -0.2) is 4.39 Å². The molecule has 7 nitrogen and oxygen atoms in total. The largest absolute Gasteiger partial charge is 0.497 e. The first-order valence-corrected chi connectivity index (χ1v) is 9.41. The van der Waals surface area contributed by atoms with Gasteiger partial charge in [0.2, 0.25) is 0 Å². The number of aliphatic hydroxyl groups is 1. The molecule has 1 amide bonds. The normalized spacial score (nSPS) is 20.0. The standard InChI is InChI=1S/C20H27FN4O3/c1-24(9-6-15-11-22-23-12-15)14-20(27)7-3-8-25(19(20)26)13-16-10-17(28-2)4-5-18(16)21/h4-5,10-12,27H,3,6-9,13-14H2,1-2H3,(H,22,23)/t20-/m1/s1. The Morgan fingerprint density at radius 1 is 1.46 bits per heavy atom. The van der Waals surface area contributed by atoms with Gasteiger partial charge in [0.1, 0.15) is 11.6 Å². The molecule has 1 saturated heterocycles. The molecule has 3 rings (SSSR count). The Morgan fingerprint density at radius 2 is 2.29 bits per heavy atom. The Morgan fingerprint density at radius 3 is 3.00 bits per heavy atom. The minimum absolute atomic E-state index is 0.114. The molecule has 1 aromatic carbocycles. The summed E-state index contributed by atoms with van der Waals surface area (Å²) in [5.74, 6) is -0.203. The Balaban J connectivity index is 1.63. The molecule has 2 heterocycles. The number of piperidine rings is 1. The Labute approximate surface area is 164 Å². The highest BCUT2D eigenvalue weighted by molar-refractivity contribution is 5.86. The second-order valence-electron chi connectivity index (χ2n) is 7.41. The number of methoxy groups -OCH3 is 1. The van der Waals surface area contributed by atoms with Gasteiger partial charge in [0.05, 0.1) is 13.3 Å². The molecule has 0 radical (unpaired) electrons. The average Bonchev–Trinajstić information content (AvgIpc) is 3.19. The van der Waals surface area contributed by atoms with Crippen molar-refractivity contribution in [1.82, 2.24) is 20.0 Å². The molecule has 1 aromatic heterocycles. The van der Waals surface area contributed by atoms with Crippen molar-refractivity contribution < 1.29 is 19.0 Å². The number of rotatable bonds is 8. The molecular weight excluding hydrogens is 363 g/mol. The number of amides is 1. The first-order chi connectivity index (χ1) is 13.4. The van der Waals surface area contributed by atoms with Crippen LogP contribution < -0.4 is 4.74 Å². The maximum absolute atomic E-state index is 14.2. The van der Waals surface area contributed by atoms with Crippen molar-refractivity contribution in [2.24, 2.45) is 0 Å². The average molecular weight is 390 g/mol. The fraction of sp³-hybridized carbons (Fsp3) is 0.500. The molecule has 152 valence electrons. The van der Waals surface area contributed by atoms with Crippen LogP contribution in [0.5, 0.6) is 5.75 Å². The van der Waals surface area contributed by atoms with E-state index in [1.165, 1.54) is 18.1 Å². The van der Waals surface area contributed by atoms with Gasteiger partial charge in [-0.05, 0) is 50.1 Å². The van der Waals surface area contributed by atoms with Crippen LogP contribution in [0.4, 0.5) is 4.39 Å². The molecule has 0 bridgehead atoms. The number of H-pyrrole nitrogens is 1. The summed E-state index contributed by atoms with van der Waals surface area (Å²) >= 11 is 0. The van der Waals surface area contributed by atoms with E-state index in [2.05, 4.69) is 10.2 Å². The number of carbonyl (C=O) groups excluding carboxylic acids is 1. The van der Waals surface area contributed by atoms with Gasteiger partial charge in [0, 0.05) is 37.9 Å². The van der Waals surface area contributed by atoms with E-state index in [9.17, 15) is 14.3 Å². The van der Waals surface area contributed by atoms with Gasteiger partial charge in [0.15, 0.2) is 5.60 Å². The third kappa shape index (κ3) is 4.69. The lowest BCUT2D eigenvalue weighted by atomic mass is 9.90. The van der Waals surface area contributed by atoms with Crippen molar-refractivity contribution in [3.05, 3.63) is 47.5 Å². The first kappa shape index (κ1) is 20.3. The Kier molecular flexibility index (Phi) is 6.31. The molecule has 0 aliphatic carbocycles. The lowest BCUT2D eigenvalue weighted by Crippen LogP contribution is -2.58. The zero-order chi connectivity index (χ0) is 20.1. The van der Waals surface area contributed by atoms with Crippen LogP contribution in [0.1, 0.15) is 24.0 Å². The van der Waals surface area contributed by atoms with Crippen molar-refractivity contribution >= 4 is 5.91 Å². The fourth-order valence-corrected chi connectivity index (χ4v) is 3.63. The molecule has 0 saturated carbocycles. The molecule has 0 spiro atoms. The molecule has 1 fully saturated rings. The molecule has 0 unspecified atom stereocenters. The first-order valence-electron chi connectivity index (χ1n) is 9.41. The maximum atomic E-state index is 14.2. The zero-order valence-corrected chi connectivity index (χ0v) is 16.3. The summed E-state index contributed by atoms with van der Waals surface area (Å²) in [5.41, 5.74) is -0.00662. The van der Waals surface area contributed by atoms with Crippen LogP contribution in [0.15, 0.2) is 30.6 Å². The molecule has 1 atom stereocenters. The summed E-state index contributed by atoms with van der Waals surface area (Å²) in [6, 6.07) is 4.47. The number of likely N-dealkylation sites (N-methyl/N-ethyl adjacent to an activating group) is 1. The zero-order valence-electron chi connectivity index (χ0n) is 16.3. The van der Waals surface area contributed by atoms with E-state index in [-0.39, 0.29) is 24.8 Å². The minimum atomic E-state index is -1.46. The van der Waals surface area contributed by atoms with Gasteiger partial charge in [-0.3, -0.25) is 9.89 Å². The van der Waals surface area contributed by atoms with E-state index in [1.807, 2.05) is 18.1 Å². The summed E-state index contributed by atoms with van der Waals surface area (Å²) in [6.45, 7) is 1.54. The predicted octanol–water partition coefficient (Wildman–Crippen LogP) is 1.59. The number of halogens is 1. The van der Waals surface area contributed by atoms with Crippen LogP contribution in [-0.2, 0) is 17.8 Å². The van der Waals surface area contributed by atoms with Crippen molar-refractivity contribution in [2.75, 3.05) is 33.8 Å². The number of aromatic amines is 1. The third-order valence-electron chi connectivity index (χ3n) is 5.19. The summed E-state index contributed by atoms with van der Waals surface area (Å²) in [4.78, 5) is 16.4. The number of likely N-dealkylation sites (tertiary alicyclic amines) is 1. The van der Waals surface area contributed by atoms with Gasteiger partial charge in [-0.1, -0.05) is 0 Å². The number of benzene rings is 1. The molecule has 1 aliphatic heterocycles. The molecule has 2 N–H and O–H groups in total. The number of ether oxygens (including phenoxy) is 1. The number of hydrogen-bond donors (Lipinski definition) is 2. The van der Waals surface area contributed by atoms with E-state index in [4.69, 9.17) is 4.74 Å². The number of aromatic nitrogens is 2. The van der Waals surface area contributed by atoms with Gasteiger partial charge in [-0.2, -0.15) is 5.10 Å². The van der Waals surface area contributed by atoms with Crippen LogP contribution in [0.25, 0.3) is 0 Å². The number of carbonyl (C=O) groups is 1. The monoisotopic (exact) mass is 390 g/mol. The van der Waals surface area contributed by atoms with Crippen LogP contribution in [-0.4, -0.2) is 70.4 Å². The Bertz CT molecular complexity index is 799. The maximum Gasteiger partial charge on any atom is 0.256 e. The van der Waals surface area contributed by atoms with Crippen molar-refractivity contribution in [3.63, 3.8) is 0 Å². The van der Waals surface area contributed by atoms with Crippen molar-refractivity contribution in [2.45, 2.75) is 31.4 Å². The number of nitrogens with zero attached hydrogens (tertiary/aromatic N) is 3.